The lowest BCUT2D eigenvalue weighted by molar-refractivity contribution is 0.589. The fourth-order valence-electron chi connectivity index (χ4n) is 2.56. The zero-order valence-corrected chi connectivity index (χ0v) is 15.1. The van der Waals surface area contributed by atoms with Gasteiger partial charge in [0.25, 0.3) is 5.89 Å². The zero-order valence-electron chi connectivity index (χ0n) is 13.4. The van der Waals surface area contributed by atoms with Gasteiger partial charge in [-0.2, -0.15) is 0 Å². The monoisotopic (exact) mass is 376 g/mol. The lowest BCUT2D eigenvalue weighted by Gasteiger charge is -1.98. The summed E-state index contributed by atoms with van der Waals surface area (Å²) in [5, 5.41) is 12.3. The van der Waals surface area contributed by atoms with E-state index in [-0.39, 0.29) is 0 Å². The number of para-hydroxylation sites is 2. The Balaban J connectivity index is 1.41. The number of hydrogen-bond acceptors (Lipinski definition) is 7. The summed E-state index contributed by atoms with van der Waals surface area (Å²) >= 11 is 3.28. The second-order valence-electron chi connectivity index (χ2n) is 5.55. The Hall–Kier alpha value is -3.03. The van der Waals surface area contributed by atoms with Crippen LogP contribution < -0.4 is 5.32 Å². The van der Waals surface area contributed by atoms with Gasteiger partial charge in [0.2, 0.25) is 0 Å². The van der Waals surface area contributed by atoms with Crippen molar-refractivity contribution in [3.8, 4) is 20.7 Å². The van der Waals surface area contributed by atoms with Crippen molar-refractivity contribution in [1.82, 2.24) is 15.2 Å². The summed E-state index contributed by atoms with van der Waals surface area (Å²) in [6.45, 7) is 0. The lowest BCUT2D eigenvalue weighted by atomic mass is 10.3. The SMILES string of the molecule is c1ccc(Nc2nnc(-c3ccc(-c4nc5ccccc5s4)s3)o2)cc1. The van der Waals surface area contributed by atoms with Crippen LogP contribution in [-0.4, -0.2) is 15.2 Å². The van der Waals surface area contributed by atoms with Crippen molar-refractivity contribution in [2.45, 2.75) is 0 Å². The average molecular weight is 376 g/mol. The van der Waals surface area contributed by atoms with E-state index in [4.69, 9.17) is 9.40 Å². The highest BCUT2D eigenvalue weighted by atomic mass is 32.1. The number of nitrogens with one attached hydrogen (secondary N) is 1. The van der Waals surface area contributed by atoms with Crippen molar-refractivity contribution in [3.05, 3.63) is 66.7 Å². The normalized spacial score (nSPS) is 11.1. The van der Waals surface area contributed by atoms with E-state index in [1.54, 1.807) is 22.7 Å². The third-order valence-corrected chi connectivity index (χ3v) is 6.05. The molecule has 1 N–H and O–H groups in total. The van der Waals surface area contributed by atoms with E-state index in [9.17, 15) is 0 Å². The zero-order chi connectivity index (χ0) is 17.3. The molecule has 0 saturated carbocycles. The lowest BCUT2D eigenvalue weighted by Crippen LogP contribution is -1.88. The number of thiophene rings is 1. The number of thiazole rings is 1. The predicted molar refractivity (Wildman–Crippen MR) is 106 cm³/mol. The first-order chi connectivity index (χ1) is 12.8. The van der Waals surface area contributed by atoms with E-state index in [1.807, 2.05) is 60.7 Å². The number of aromatic nitrogens is 3. The van der Waals surface area contributed by atoms with Gasteiger partial charge in [0, 0.05) is 5.69 Å². The van der Waals surface area contributed by atoms with Crippen LogP contribution in [-0.2, 0) is 0 Å². The summed E-state index contributed by atoms with van der Waals surface area (Å²) in [6, 6.07) is 22.3. The molecule has 0 unspecified atom stereocenters. The summed E-state index contributed by atoms with van der Waals surface area (Å²) in [7, 11) is 0. The Kier molecular flexibility index (Phi) is 3.73. The summed E-state index contributed by atoms with van der Waals surface area (Å²) in [4.78, 5) is 6.72. The first kappa shape index (κ1) is 15.2. The molecule has 0 aliphatic rings. The number of nitrogens with zero attached hydrogens (tertiary/aromatic N) is 3. The standard InChI is InChI=1S/C19H12N4OS2/c1-2-6-12(7-3-1)20-19-23-22-17(24-19)15-10-11-16(25-15)18-21-13-8-4-5-9-14(13)26-18/h1-11H,(H,20,23). The maximum atomic E-state index is 5.74. The van der Waals surface area contributed by atoms with Gasteiger partial charge in [-0.3, -0.25) is 0 Å². The minimum atomic E-state index is 0.376. The summed E-state index contributed by atoms with van der Waals surface area (Å²) in [5.74, 6) is 0.501. The van der Waals surface area contributed by atoms with E-state index in [0.717, 1.165) is 26.0 Å². The number of fused-ring (bicyclic) bond motifs is 1. The maximum absolute atomic E-state index is 5.74. The highest BCUT2D eigenvalue weighted by Crippen LogP contribution is 2.37. The van der Waals surface area contributed by atoms with Gasteiger partial charge in [-0.15, -0.1) is 27.8 Å². The van der Waals surface area contributed by atoms with Crippen LogP contribution in [0.3, 0.4) is 0 Å². The molecule has 0 aliphatic carbocycles. The van der Waals surface area contributed by atoms with Crippen LogP contribution in [0.15, 0.2) is 71.1 Å². The Morgan fingerprint density at radius 3 is 2.46 bits per heavy atom. The Bertz CT molecular complexity index is 1140. The van der Waals surface area contributed by atoms with E-state index >= 15 is 0 Å². The van der Waals surface area contributed by atoms with Crippen molar-refractivity contribution in [1.29, 1.82) is 0 Å². The fraction of sp³-hybridized carbons (Fsp3) is 0. The third kappa shape index (κ3) is 2.87. The van der Waals surface area contributed by atoms with Crippen LogP contribution in [0.1, 0.15) is 0 Å². The second-order valence-corrected chi connectivity index (χ2v) is 7.67. The predicted octanol–water partition coefficient (Wildman–Crippen LogP) is 5.82. The molecular weight excluding hydrogens is 364 g/mol. The van der Waals surface area contributed by atoms with Gasteiger partial charge in [-0.1, -0.05) is 35.4 Å². The Morgan fingerprint density at radius 2 is 1.58 bits per heavy atom. The molecule has 0 amide bonds. The van der Waals surface area contributed by atoms with Crippen molar-refractivity contribution in [2.75, 3.05) is 5.32 Å². The molecule has 0 saturated heterocycles. The molecular formula is C19H12N4OS2. The summed E-state index contributed by atoms with van der Waals surface area (Å²) < 4.78 is 6.93. The van der Waals surface area contributed by atoms with E-state index in [2.05, 4.69) is 21.6 Å². The van der Waals surface area contributed by atoms with Gasteiger partial charge in [0.1, 0.15) is 5.01 Å². The van der Waals surface area contributed by atoms with Crippen LogP contribution in [0.2, 0.25) is 0 Å². The quantitative estimate of drug-likeness (QED) is 0.428. The van der Waals surface area contributed by atoms with E-state index < -0.39 is 0 Å². The molecule has 0 spiro atoms. The third-order valence-electron chi connectivity index (χ3n) is 3.77. The summed E-state index contributed by atoms with van der Waals surface area (Å²) in [5.41, 5.74) is 1.93. The number of anilines is 2. The Morgan fingerprint density at radius 1 is 0.769 bits per heavy atom. The first-order valence-electron chi connectivity index (χ1n) is 7.97. The van der Waals surface area contributed by atoms with Crippen molar-refractivity contribution in [2.24, 2.45) is 0 Å². The second kappa shape index (κ2) is 6.36. The molecule has 0 bridgehead atoms. The molecule has 0 radical (unpaired) electrons. The number of benzene rings is 2. The largest absolute Gasteiger partial charge is 0.402 e. The molecule has 3 aromatic heterocycles. The average Bonchev–Trinajstić information content (AvgIpc) is 3.41. The Labute approximate surface area is 157 Å². The first-order valence-corrected chi connectivity index (χ1v) is 9.60. The van der Waals surface area contributed by atoms with Crippen LogP contribution in [0.5, 0.6) is 0 Å². The molecule has 0 fully saturated rings. The minimum Gasteiger partial charge on any atom is -0.402 e. The molecule has 2 aromatic carbocycles. The minimum absolute atomic E-state index is 0.376. The molecule has 0 atom stereocenters. The smallest absolute Gasteiger partial charge is 0.320 e. The fourth-order valence-corrected chi connectivity index (χ4v) is 4.51. The van der Waals surface area contributed by atoms with Gasteiger partial charge in [0.05, 0.1) is 20.0 Å². The van der Waals surface area contributed by atoms with Gasteiger partial charge in [-0.25, -0.2) is 4.98 Å². The van der Waals surface area contributed by atoms with Gasteiger partial charge >= 0.3 is 6.01 Å². The molecule has 126 valence electrons. The number of hydrogen-bond donors (Lipinski definition) is 1. The molecule has 0 aliphatic heterocycles. The van der Waals surface area contributed by atoms with Crippen LogP contribution >= 0.6 is 22.7 Å². The van der Waals surface area contributed by atoms with Gasteiger partial charge < -0.3 is 9.73 Å². The number of rotatable bonds is 4. The molecule has 3 heterocycles. The van der Waals surface area contributed by atoms with Crippen molar-refractivity contribution >= 4 is 44.6 Å². The molecule has 7 heteroatoms. The molecule has 5 aromatic rings. The molecule has 5 rings (SSSR count). The van der Waals surface area contributed by atoms with Gasteiger partial charge in [0.15, 0.2) is 0 Å². The van der Waals surface area contributed by atoms with Crippen LogP contribution in [0.4, 0.5) is 11.7 Å². The van der Waals surface area contributed by atoms with Crippen LogP contribution in [0, 0.1) is 0 Å². The van der Waals surface area contributed by atoms with Crippen LogP contribution in [0.25, 0.3) is 30.9 Å². The highest BCUT2D eigenvalue weighted by molar-refractivity contribution is 7.26. The van der Waals surface area contributed by atoms with Gasteiger partial charge in [-0.05, 0) is 36.4 Å². The molecule has 26 heavy (non-hydrogen) atoms. The highest BCUT2D eigenvalue weighted by Gasteiger charge is 2.14. The van der Waals surface area contributed by atoms with Crippen molar-refractivity contribution in [3.63, 3.8) is 0 Å². The summed E-state index contributed by atoms with van der Waals surface area (Å²) in [6.07, 6.45) is 0. The van der Waals surface area contributed by atoms with Crippen molar-refractivity contribution < 1.29 is 4.42 Å². The maximum Gasteiger partial charge on any atom is 0.320 e. The molecule has 5 nitrogen and oxygen atoms in total. The van der Waals surface area contributed by atoms with E-state index in [0.29, 0.717) is 11.9 Å². The van der Waals surface area contributed by atoms with E-state index in [1.165, 1.54) is 4.70 Å². The topological polar surface area (TPSA) is 63.8 Å².